The molecule has 0 spiro atoms. The van der Waals surface area contributed by atoms with Crippen molar-refractivity contribution < 1.29 is 33.9 Å². The number of carbonyl (C=O) groups excluding carboxylic acids is 1. The molecule has 66 valence electrons. The van der Waals surface area contributed by atoms with E-state index >= 15 is 0 Å². The van der Waals surface area contributed by atoms with Gasteiger partial charge < -0.3 is 29.3 Å². The molecule has 0 aliphatic rings. The first kappa shape index (κ1) is 15.6. The van der Waals surface area contributed by atoms with E-state index in [-0.39, 0.29) is 48.9 Å². The number of hydrogen-bond donors (Lipinski definition) is 2. The normalized spacial score (nSPS) is 17.2. The topological polar surface area (TPSA) is 130 Å². The molecule has 2 atom stereocenters. The third kappa shape index (κ3) is 7.74. The molecule has 0 amide bonds. The molecule has 0 aliphatic heterocycles. The molecule has 0 heterocycles. The van der Waals surface area contributed by atoms with Crippen molar-refractivity contribution in [2.45, 2.75) is 6.10 Å². The van der Waals surface area contributed by atoms with Crippen LogP contribution in [0.15, 0.2) is 0 Å². The van der Waals surface area contributed by atoms with Crippen molar-refractivity contribution in [1.82, 2.24) is 0 Å². The Bertz CT molecular complexity index is 187. The number of phosphoric acid groups is 1. The summed E-state index contributed by atoms with van der Waals surface area (Å²) < 4.78 is 13.4. The summed E-state index contributed by atoms with van der Waals surface area (Å²) in [5, 5.41) is 18.0. The third-order valence-corrected chi connectivity index (χ3v) is 1.21. The molecule has 1 unspecified atom stereocenters. The van der Waals surface area contributed by atoms with Gasteiger partial charge in [-0.05, 0) is 0 Å². The summed E-state index contributed by atoms with van der Waals surface area (Å²) in [6.45, 7) is -1.09. The first-order chi connectivity index (χ1) is 4.87. The minimum Gasteiger partial charge on any atom is -0.756 e. The second-order valence-corrected chi connectivity index (χ2v) is 2.71. The van der Waals surface area contributed by atoms with Crippen LogP contribution in [0.3, 0.4) is 0 Å². The van der Waals surface area contributed by atoms with Crippen LogP contribution in [0, 0.1) is 0 Å². The fourth-order valence-electron chi connectivity index (χ4n) is 0.312. The molecular formula is C3H5BaO7P. The number of carboxylic acids is 1. The molecule has 0 aliphatic carbocycles. The summed E-state index contributed by atoms with van der Waals surface area (Å²) in [4.78, 5) is 27.6. The van der Waals surface area contributed by atoms with Crippen LogP contribution in [0.1, 0.15) is 0 Å². The minimum absolute atomic E-state index is 0. The van der Waals surface area contributed by atoms with Crippen LogP contribution in [0.25, 0.3) is 0 Å². The van der Waals surface area contributed by atoms with Gasteiger partial charge in [-0.3, -0.25) is 4.57 Å². The Morgan fingerprint density at radius 1 is 1.67 bits per heavy atom. The maximum Gasteiger partial charge on any atom is 2.00 e. The van der Waals surface area contributed by atoms with Gasteiger partial charge in [-0.2, -0.15) is 0 Å². The SMILES string of the molecule is O=C([O-])[C@@H](CO)OP(=O)([O-])O.[Ba+2]. The van der Waals surface area contributed by atoms with Gasteiger partial charge in [0.15, 0.2) is 0 Å². The van der Waals surface area contributed by atoms with Crippen molar-refractivity contribution in [1.29, 1.82) is 0 Å². The van der Waals surface area contributed by atoms with Crippen molar-refractivity contribution >= 4 is 62.7 Å². The predicted molar refractivity (Wildman–Crippen MR) is 32.5 cm³/mol. The van der Waals surface area contributed by atoms with E-state index in [0.29, 0.717) is 0 Å². The van der Waals surface area contributed by atoms with Crippen LogP contribution in [0.2, 0.25) is 0 Å². The van der Waals surface area contributed by atoms with Crippen LogP contribution in [-0.2, 0) is 13.9 Å². The molecule has 12 heavy (non-hydrogen) atoms. The van der Waals surface area contributed by atoms with Gasteiger partial charge in [0.25, 0.3) is 7.82 Å². The van der Waals surface area contributed by atoms with Gasteiger partial charge in [0.2, 0.25) is 0 Å². The van der Waals surface area contributed by atoms with Crippen molar-refractivity contribution in [3.63, 3.8) is 0 Å². The average Bonchev–Trinajstić information content (AvgIpc) is 1.80. The van der Waals surface area contributed by atoms with Gasteiger partial charge >= 0.3 is 48.9 Å². The molecular weight excluding hydrogens is 316 g/mol. The first-order valence-electron chi connectivity index (χ1n) is 2.40. The van der Waals surface area contributed by atoms with E-state index in [2.05, 4.69) is 4.52 Å². The smallest absolute Gasteiger partial charge is 0.756 e. The maximum absolute atomic E-state index is 9.86. The zero-order chi connectivity index (χ0) is 9.07. The van der Waals surface area contributed by atoms with E-state index in [9.17, 15) is 19.4 Å². The second kappa shape index (κ2) is 6.55. The predicted octanol–water partition coefficient (Wildman–Crippen LogP) is -3.81. The van der Waals surface area contributed by atoms with Gasteiger partial charge in [0, 0.05) is 0 Å². The summed E-state index contributed by atoms with van der Waals surface area (Å²) in [6, 6.07) is 0. The Morgan fingerprint density at radius 2 is 2.08 bits per heavy atom. The van der Waals surface area contributed by atoms with E-state index in [1.807, 2.05) is 0 Å². The molecule has 0 saturated carbocycles. The molecule has 2 N–H and O–H groups in total. The second-order valence-electron chi connectivity index (χ2n) is 1.56. The number of phosphoric ester groups is 1. The van der Waals surface area contributed by atoms with Gasteiger partial charge in [0.05, 0.1) is 12.6 Å². The van der Waals surface area contributed by atoms with Crippen molar-refractivity contribution in [3.05, 3.63) is 0 Å². The van der Waals surface area contributed by atoms with Crippen molar-refractivity contribution in [3.8, 4) is 0 Å². The van der Waals surface area contributed by atoms with Gasteiger partial charge in [0.1, 0.15) is 6.10 Å². The molecule has 0 rings (SSSR count). The molecule has 0 aromatic carbocycles. The molecule has 0 bridgehead atoms. The quantitative estimate of drug-likeness (QED) is 0.401. The maximum atomic E-state index is 9.86. The Morgan fingerprint density at radius 3 is 2.17 bits per heavy atom. The van der Waals surface area contributed by atoms with Gasteiger partial charge in [-0.15, -0.1) is 0 Å². The Kier molecular flexibility index (Phi) is 8.50. The van der Waals surface area contributed by atoms with Gasteiger partial charge in [-0.25, -0.2) is 0 Å². The van der Waals surface area contributed by atoms with Gasteiger partial charge in [-0.1, -0.05) is 0 Å². The number of carbonyl (C=O) groups is 1. The largest absolute Gasteiger partial charge is 2.00 e. The van der Waals surface area contributed by atoms with E-state index in [1.165, 1.54) is 0 Å². The fourth-order valence-corrected chi connectivity index (χ4v) is 0.786. The number of rotatable bonds is 4. The number of aliphatic carboxylic acids is 1. The summed E-state index contributed by atoms with van der Waals surface area (Å²) in [5.41, 5.74) is 0. The van der Waals surface area contributed by atoms with Crippen LogP contribution in [0.5, 0.6) is 0 Å². The molecule has 0 saturated heterocycles. The number of carboxylic acid groups (broad SMARTS) is 1. The Labute approximate surface area is 108 Å². The zero-order valence-corrected chi connectivity index (χ0v) is 11.2. The Hall–Kier alpha value is 1.11. The van der Waals surface area contributed by atoms with Crippen LogP contribution in [-0.4, -0.2) is 77.6 Å². The average molecular weight is 321 g/mol. The van der Waals surface area contributed by atoms with Crippen molar-refractivity contribution in [2.75, 3.05) is 6.61 Å². The first-order valence-corrected chi connectivity index (χ1v) is 3.90. The van der Waals surface area contributed by atoms with E-state index < -0.39 is 26.5 Å². The standard InChI is InChI=1S/C3H7O7P.Ba/c4-1-2(3(5)6)10-11(7,8)9;/h2,4H,1H2,(H,5,6)(H2,7,8,9);/q;+2/p-2/t2-;/m1./s1. The number of hydrogen-bond acceptors (Lipinski definition) is 6. The monoisotopic (exact) mass is 322 g/mol. The van der Waals surface area contributed by atoms with Crippen molar-refractivity contribution in [2.24, 2.45) is 0 Å². The van der Waals surface area contributed by atoms with Crippen LogP contribution < -0.4 is 10.00 Å². The summed E-state index contributed by atoms with van der Waals surface area (Å²) in [7, 11) is -5.12. The third-order valence-electron chi connectivity index (χ3n) is 0.689. The molecule has 0 fully saturated rings. The van der Waals surface area contributed by atoms with E-state index in [1.54, 1.807) is 0 Å². The van der Waals surface area contributed by atoms with E-state index in [4.69, 9.17) is 10.00 Å². The number of aliphatic hydroxyl groups excluding tert-OH is 1. The summed E-state index contributed by atoms with van der Waals surface area (Å²) in [5.74, 6) is -1.92. The Balaban J connectivity index is 0. The van der Waals surface area contributed by atoms with Crippen LogP contribution in [0.4, 0.5) is 0 Å². The zero-order valence-electron chi connectivity index (χ0n) is 5.87. The minimum atomic E-state index is -5.12. The summed E-state index contributed by atoms with van der Waals surface area (Å²) >= 11 is 0. The number of aliphatic hydroxyl groups is 1. The molecule has 0 radical (unpaired) electrons. The molecule has 0 aromatic rings. The van der Waals surface area contributed by atoms with E-state index in [0.717, 1.165) is 0 Å². The van der Waals surface area contributed by atoms with Crippen LogP contribution >= 0.6 is 7.82 Å². The fraction of sp³-hybridized carbons (Fsp3) is 0.667. The molecule has 9 heteroatoms. The molecule has 7 nitrogen and oxygen atoms in total. The summed E-state index contributed by atoms with van der Waals surface area (Å²) in [6.07, 6.45) is -2.05. The molecule has 0 aromatic heterocycles.